The molecule has 1 aliphatic heterocycles. The van der Waals surface area contributed by atoms with Crippen molar-refractivity contribution in [1.82, 2.24) is 10.1 Å². The number of hydrogen-bond donors (Lipinski definition) is 1. The molecule has 0 spiro atoms. The molecular weight excluding hydrogens is 564 g/mol. The standard InChI is InChI=1S/C28H24Cl2FN3O4S/c29-18-2-1-3-19(30)23(18)24-17(26(38-33-24)13-4-5-13)12-37-21-7-6-14-10-34(11-16(14)21)28-32-25-20(31)8-15(27(35)36)9-22(25)39-28/h1-3,8-9,13-14,16,21H,4-7,10-12H2,(H,35,36)/t14-,16+,21?/m0/s1. The molecule has 3 aliphatic rings. The number of fused-ring (bicyclic) bond motifs is 2. The second-order valence-electron chi connectivity index (χ2n) is 10.6. The number of rotatable bonds is 7. The lowest BCUT2D eigenvalue weighted by Gasteiger charge is -2.21. The van der Waals surface area contributed by atoms with Crippen LogP contribution in [0.5, 0.6) is 0 Å². The maximum atomic E-state index is 14.5. The van der Waals surface area contributed by atoms with Crippen LogP contribution in [0.1, 0.15) is 53.3 Å². The Morgan fingerprint density at radius 1 is 1.18 bits per heavy atom. The van der Waals surface area contributed by atoms with Crippen molar-refractivity contribution in [2.24, 2.45) is 11.8 Å². The molecule has 4 aromatic rings. The van der Waals surface area contributed by atoms with E-state index in [-0.39, 0.29) is 17.2 Å². The van der Waals surface area contributed by atoms with E-state index in [1.54, 1.807) is 12.1 Å². The molecule has 7 nitrogen and oxygen atoms in total. The number of carboxylic acids is 1. The highest BCUT2D eigenvalue weighted by molar-refractivity contribution is 7.22. The van der Waals surface area contributed by atoms with Crippen LogP contribution < -0.4 is 4.90 Å². The molecule has 2 aromatic carbocycles. The van der Waals surface area contributed by atoms with E-state index in [0.29, 0.717) is 55.5 Å². The van der Waals surface area contributed by atoms with Gasteiger partial charge in [-0.2, -0.15) is 0 Å². The predicted octanol–water partition coefficient (Wildman–Crippen LogP) is 7.40. The number of nitrogens with zero attached hydrogens (tertiary/aromatic N) is 3. The van der Waals surface area contributed by atoms with Crippen LogP contribution in [-0.4, -0.2) is 40.4 Å². The lowest BCUT2D eigenvalue weighted by Crippen LogP contribution is -2.26. The van der Waals surface area contributed by atoms with Gasteiger partial charge in [0.1, 0.15) is 17.0 Å². The summed E-state index contributed by atoms with van der Waals surface area (Å²) in [6.45, 7) is 1.94. The zero-order valence-electron chi connectivity index (χ0n) is 20.7. The summed E-state index contributed by atoms with van der Waals surface area (Å²) < 4.78 is 27.5. The predicted molar refractivity (Wildman–Crippen MR) is 147 cm³/mol. The van der Waals surface area contributed by atoms with Crippen molar-refractivity contribution in [3.8, 4) is 11.3 Å². The molecular formula is C28H24Cl2FN3O4S. The van der Waals surface area contributed by atoms with Crippen LogP contribution in [0, 0.1) is 17.7 Å². The van der Waals surface area contributed by atoms with E-state index in [2.05, 4.69) is 15.0 Å². The number of carboxylic acid groups (broad SMARTS) is 1. The summed E-state index contributed by atoms with van der Waals surface area (Å²) in [5.41, 5.74) is 2.38. The molecule has 202 valence electrons. The minimum Gasteiger partial charge on any atom is -0.478 e. The first-order valence-electron chi connectivity index (χ1n) is 13.0. The molecule has 7 rings (SSSR count). The Hall–Kier alpha value is -2.72. The fourth-order valence-corrected chi connectivity index (χ4v) is 7.67. The molecule has 0 amide bonds. The van der Waals surface area contributed by atoms with Crippen molar-refractivity contribution in [2.45, 2.75) is 44.3 Å². The molecule has 3 heterocycles. The number of hydrogen-bond acceptors (Lipinski definition) is 7. The summed E-state index contributed by atoms with van der Waals surface area (Å²) in [5, 5.41) is 15.4. The number of halogens is 3. The van der Waals surface area contributed by atoms with Gasteiger partial charge in [0.15, 0.2) is 10.9 Å². The van der Waals surface area contributed by atoms with Crippen LogP contribution in [0.25, 0.3) is 21.5 Å². The smallest absolute Gasteiger partial charge is 0.335 e. The Labute approximate surface area is 237 Å². The Bertz CT molecular complexity index is 1580. The highest BCUT2D eigenvalue weighted by Crippen LogP contribution is 2.47. The maximum Gasteiger partial charge on any atom is 0.335 e. The molecule has 2 aliphatic carbocycles. The number of aromatic nitrogens is 2. The van der Waals surface area contributed by atoms with E-state index < -0.39 is 11.8 Å². The first-order chi connectivity index (χ1) is 18.9. The van der Waals surface area contributed by atoms with Gasteiger partial charge in [-0.05, 0) is 55.9 Å². The molecule has 2 aromatic heterocycles. The molecule has 1 N–H and O–H groups in total. The van der Waals surface area contributed by atoms with E-state index >= 15 is 0 Å². The van der Waals surface area contributed by atoms with Crippen molar-refractivity contribution in [3.63, 3.8) is 0 Å². The zero-order valence-corrected chi connectivity index (χ0v) is 23.0. The highest BCUT2D eigenvalue weighted by atomic mass is 35.5. The van der Waals surface area contributed by atoms with Gasteiger partial charge in [0, 0.05) is 36.1 Å². The van der Waals surface area contributed by atoms with Gasteiger partial charge in [0.25, 0.3) is 0 Å². The summed E-state index contributed by atoms with van der Waals surface area (Å²) in [5.74, 6) is 0.213. The third-order valence-electron chi connectivity index (χ3n) is 8.15. The summed E-state index contributed by atoms with van der Waals surface area (Å²) in [6, 6.07) is 7.92. The highest BCUT2D eigenvalue weighted by Gasteiger charge is 2.44. The van der Waals surface area contributed by atoms with Crippen LogP contribution in [0.4, 0.5) is 9.52 Å². The third kappa shape index (κ3) is 4.49. The number of carbonyl (C=O) groups is 1. The van der Waals surface area contributed by atoms with Gasteiger partial charge in [-0.15, -0.1) is 0 Å². The number of benzene rings is 2. The van der Waals surface area contributed by atoms with Gasteiger partial charge >= 0.3 is 5.97 Å². The van der Waals surface area contributed by atoms with Crippen LogP contribution in [0.15, 0.2) is 34.9 Å². The molecule has 3 atom stereocenters. The topological polar surface area (TPSA) is 88.7 Å². The molecule has 11 heteroatoms. The van der Waals surface area contributed by atoms with Gasteiger partial charge in [0.05, 0.1) is 33.0 Å². The average molecular weight is 588 g/mol. The second kappa shape index (κ2) is 9.73. The quantitative estimate of drug-likeness (QED) is 0.241. The van der Waals surface area contributed by atoms with Crippen molar-refractivity contribution in [2.75, 3.05) is 18.0 Å². The lowest BCUT2D eigenvalue weighted by molar-refractivity contribution is 0.0164. The van der Waals surface area contributed by atoms with Gasteiger partial charge in [0.2, 0.25) is 0 Å². The van der Waals surface area contributed by atoms with Gasteiger partial charge in [-0.25, -0.2) is 14.2 Å². The zero-order chi connectivity index (χ0) is 26.8. The van der Waals surface area contributed by atoms with E-state index in [1.165, 1.54) is 17.4 Å². The summed E-state index contributed by atoms with van der Waals surface area (Å²) in [7, 11) is 0. The minimum absolute atomic E-state index is 0.0567. The van der Waals surface area contributed by atoms with Crippen molar-refractivity contribution >= 4 is 55.9 Å². The van der Waals surface area contributed by atoms with E-state index in [1.807, 2.05) is 6.07 Å². The number of ether oxygens (including phenoxy) is 1. The first-order valence-corrected chi connectivity index (χ1v) is 14.6. The summed E-state index contributed by atoms with van der Waals surface area (Å²) >= 11 is 14.3. The normalized spacial score (nSPS) is 22.6. The maximum absolute atomic E-state index is 14.5. The van der Waals surface area contributed by atoms with Crippen LogP contribution in [0.3, 0.4) is 0 Å². The monoisotopic (exact) mass is 587 g/mol. The van der Waals surface area contributed by atoms with E-state index in [4.69, 9.17) is 32.5 Å². The Kier molecular flexibility index (Phi) is 6.30. The van der Waals surface area contributed by atoms with Gasteiger partial charge < -0.3 is 19.3 Å². The average Bonchev–Trinajstić information content (AvgIpc) is 3.21. The summed E-state index contributed by atoms with van der Waals surface area (Å²) in [4.78, 5) is 18.0. The van der Waals surface area contributed by atoms with Crippen LogP contribution in [0.2, 0.25) is 10.0 Å². The largest absolute Gasteiger partial charge is 0.478 e. The second-order valence-corrected chi connectivity index (χ2v) is 12.4. The third-order valence-corrected chi connectivity index (χ3v) is 9.85. The lowest BCUT2D eigenvalue weighted by atomic mass is 9.99. The Morgan fingerprint density at radius 2 is 1.97 bits per heavy atom. The molecule has 1 unspecified atom stereocenters. The Morgan fingerprint density at radius 3 is 2.72 bits per heavy atom. The van der Waals surface area contributed by atoms with Gasteiger partial charge in [-0.3, -0.25) is 0 Å². The first kappa shape index (κ1) is 25.3. The fourth-order valence-electron chi connectivity index (χ4n) is 6.05. The van der Waals surface area contributed by atoms with E-state index in [9.17, 15) is 14.3 Å². The van der Waals surface area contributed by atoms with Crippen molar-refractivity contribution in [3.05, 3.63) is 63.1 Å². The molecule has 3 fully saturated rings. The number of thiazole rings is 1. The molecule has 2 saturated carbocycles. The summed E-state index contributed by atoms with van der Waals surface area (Å²) in [6.07, 6.45) is 4.19. The molecule has 1 saturated heterocycles. The Balaban J connectivity index is 1.10. The minimum atomic E-state index is -1.15. The van der Waals surface area contributed by atoms with Crippen molar-refractivity contribution in [1.29, 1.82) is 0 Å². The van der Waals surface area contributed by atoms with Crippen LogP contribution in [-0.2, 0) is 11.3 Å². The van der Waals surface area contributed by atoms with E-state index in [0.717, 1.165) is 56.2 Å². The fraction of sp³-hybridized carbons (Fsp3) is 0.393. The molecule has 39 heavy (non-hydrogen) atoms. The van der Waals surface area contributed by atoms with Gasteiger partial charge in [-0.1, -0.05) is 45.8 Å². The number of anilines is 1. The molecule has 0 bridgehead atoms. The van der Waals surface area contributed by atoms with Crippen molar-refractivity contribution < 1.29 is 23.6 Å². The SMILES string of the molecule is O=C(O)c1cc(F)c2nc(N3C[C@@H]4CCC(OCc5c(-c6c(Cl)cccc6Cl)noc5C5CC5)[C@@H]4C3)sc2c1. The van der Waals surface area contributed by atoms with Crippen LogP contribution >= 0.6 is 34.5 Å². The number of aromatic carboxylic acids is 1. The molecule has 0 radical (unpaired) electrons.